The van der Waals surface area contributed by atoms with Crippen LogP contribution in [0, 0.1) is 0 Å². The van der Waals surface area contributed by atoms with Crippen LogP contribution >= 0.6 is 0 Å². The molecule has 2 amide bonds. The number of carbonyl (C=O) groups excluding carboxylic acids is 3. The van der Waals surface area contributed by atoms with Crippen molar-refractivity contribution in [3.8, 4) is 5.75 Å². The molecule has 7 heteroatoms. The Morgan fingerprint density at radius 1 is 1.41 bits per heavy atom. The maximum absolute atomic E-state index is 12.0. The average Bonchev–Trinajstić information content (AvgIpc) is 2.51. The van der Waals surface area contributed by atoms with Crippen LogP contribution in [0.5, 0.6) is 5.75 Å². The molecule has 2 rings (SSSR count). The summed E-state index contributed by atoms with van der Waals surface area (Å²) in [5.74, 6) is 0.0299. The normalized spacial score (nSPS) is 13.4. The van der Waals surface area contributed by atoms with Gasteiger partial charge in [0.25, 0.3) is 5.91 Å². The lowest BCUT2D eigenvalue weighted by atomic mass is 10.1. The summed E-state index contributed by atoms with van der Waals surface area (Å²) >= 11 is 0. The van der Waals surface area contributed by atoms with E-state index in [0.717, 1.165) is 0 Å². The van der Waals surface area contributed by atoms with Crippen molar-refractivity contribution in [2.75, 3.05) is 31.1 Å². The molecule has 118 valence electrons. The Bertz CT molecular complexity index is 600. The van der Waals surface area contributed by atoms with E-state index in [2.05, 4.69) is 5.32 Å². The first kappa shape index (κ1) is 16.0. The first-order valence-electron chi connectivity index (χ1n) is 7.08. The van der Waals surface area contributed by atoms with Crippen molar-refractivity contribution in [1.82, 2.24) is 5.32 Å². The molecule has 0 unspecified atom stereocenters. The van der Waals surface area contributed by atoms with Gasteiger partial charge < -0.3 is 20.7 Å². The summed E-state index contributed by atoms with van der Waals surface area (Å²) in [6.45, 7) is 2.38. The fourth-order valence-electron chi connectivity index (χ4n) is 2.18. The lowest BCUT2D eigenvalue weighted by molar-refractivity contribution is -0.122. The van der Waals surface area contributed by atoms with E-state index >= 15 is 0 Å². The molecule has 1 heterocycles. The maximum Gasteiger partial charge on any atom is 0.265 e. The highest BCUT2D eigenvalue weighted by atomic mass is 16.5. The number of hydrogen-bond acceptors (Lipinski definition) is 5. The minimum atomic E-state index is -0.236. The van der Waals surface area contributed by atoms with Crippen LogP contribution in [0.15, 0.2) is 18.2 Å². The summed E-state index contributed by atoms with van der Waals surface area (Å²) in [5, 5.41) is 2.65. The monoisotopic (exact) mass is 305 g/mol. The molecule has 0 radical (unpaired) electrons. The predicted molar refractivity (Wildman–Crippen MR) is 81.0 cm³/mol. The van der Waals surface area contributed by atoms with Gasteiger partial charge in [-0.05, 0) is 25.1 Å². The topological polar surface area (TPSA) is 102 Å². The molecule has 1 aromatic rings. The lowest BCUT2D eigenvalue weighted by Gasteiger charge is -2.29. The standard InChI is InChI=1S/C15H19N3O4/c1-10(19)11-2-3-13-12(8-11)18(15(21)9-22-13)7-4-14(20)17-6-5-16/h2-3,8H,4-7,9,16H2,1H3,(H,17,20). The number of nitrogens with zero attached hydrogens (tertiary/aromatic N) is 1. The number of fused-ring (bicyclic) bond motifs is 1. The van der Waals surface area contributed by atoms with Crippen LogP contribution < -0.4 is 20.7 Å². The highest BCUT2D eigenvalue weighted by Gasteiger charge is 2.26. The summed E-state index contributed by atoms with van der Waals surface area (Å²) in [6, 6.07) is 4.94. The third-order valence-corrected chi connectivity index (χ3v) is 3.34. The van der Waals surface area contributed by atoms with Crippen molar-refractivity contribution in [3.05, 3.63) is 23.8 Å². The van der Waals surface area contributed by atoms with E-state index in [-0.39, 0.29) is 37.2 Å². The molecule has 0 bridgehead atoms. The second kappa shape index (κ2) is 7.04. The van der Waals surface area contributed by atoms with Crippen LogP contribution in [0.3, 0.4) is 0 Å². The van der Waals surface area contributed by atoms with E-state index < -0.39 is 0 Å². The summed E-state index contributed by atoms with van der Waals surface area (Å²) < 4.78 is 5.35. The second-order valence-electron chi connectivity index (χ2n) is 4.96. The Labute approximate surface area is 128 Å². The van der Waals surface area contributed by atoms with Crippen molar-refractivity contribution in [3.63, 3.8) is 0 Å². The SMILES string of the molecule is CC(=O)c1ccc2c(c1)N(CCC(=O)NCCN)C(=O)CO2. The molecule has 0 fully saturated rings. The van der Waals surface area contributed by atoms with Crippen LogP contribution in [-0.2, 0) is 9.59 Å². The molecule has 1 aliphatic rings. The van der Waals surface area contributed by atoms with Crippen molar-refractivity contribution >= 4 is 23.3 Å². The third kappa shape index (κ3) is 3.62. The first-order valence-corrected chi connectivity index (χ1v) is 7.08. The molecular weight excluding hydrogens is 286 g/mol. The number of benzene rings is 1. The minimum Gasteiger partial charge on any atom is -0.482 e. The van der Waals surface area contributed by atoms with Gasteiger partial charge in [0.05, 0.1) is 5.69 Å². The van der Waals surface area contributed by atoms with Crippen LogP contribution in [0.25, 0.3) is 0 Å². The Hall–Kier alpha value is -2.41. The van der Waals surface area contributed by atoms with Crippen molar-refractivity contribution < 1.29 is 19.1 Å². The smallest absolute Gasteiger partial charge is 0.265 e. The first-order chi connectivity index (χ1) is 10.5. The number of ketones is 1. The van der Waals surface area contributed by atoms with E-state index in [4.69, 9.17) is 10.5 Å². The Balaban J connectivity index is 2.14. The zero-order valence-corrected chi connectivity index (χ0v) is 12.4. The molecule has 0 atom stereocenters. The van der Waals surface area contributed by atoms with E-state index in [0.29, 0.717) is 30.1 Å². The van der Waals surface area contributed by atoms with Crippen molar-refractivity contribution in [2.24, 2.45) is 5.73 Å². The van der Waals surface area contributed by atoms with Gasteiger partial charge in [-0.25, -0.2) is 0 Å². The highest BCUT2D eigenvalue weighted by molar-refractivity contribution is 6.01. The van der Waals surface area contributed by atoms with E-state index in [9.17, 15) is 14.4 Å². The molecule has 7 nitrogen and oxygen atoms in total. The average molecular weight is 305 g/mol. The number of Topliss-reactive ketones (excluding diaryl/α,β-unsaturated/α-hetero) is 1. The number of hydrogen-bond donors (Lipinski definition) is 2. The summed E-state index contributed by atoms with van der Waals surface area (Å²) in [6.07, 6.45) is 0.162. The largest absolute Gasteiger partial charge is 0.482 e. The molecule has 0 aliphatic carbocycles. The Morgan fingerprint density at radius 2 is 2.18 bits per heavy atom. The van der Waals surface area contributed by atoms with E-state index in [1.807, 2.05) is 0 Å². The molecule has 0 saturated heterocycles. The molecule has 0 saturated carbocycles. The minimum absolute atomic E-state index is 0.0726. The van der Waals surface area contributed by atoms with Gasteiger partial charge in [-0.3, -0.25) is 14.4 Å². The summed E-state index contributed by atoms with van der Waals surface area (Å²) in [7, 11) is 0. The van der Waals surface area contributed by atoms with Crippen LogP contribution in [0.4, 0.5) is 5.69 Å². The number of rotatable bonds is 6. The zero-order chi connectivity index (χ0) is 16.1. The number of nitrogens with two attached hydrogens (primary N) is 1. The van der Waals surface area contributed by atoms with Gasteiger partial charge in [0.2, 0.25) is 5.91 Å². The lowest BCUT2D eigenvalue weighted by Crippen LogP contribution is -2.41. The molecule has 22 heavy (non-hydrogen) atoms. The van der Waals surface area contributed by atoms with Crippen molar-refractivity contribution in [2.45, 2.75) is 13.3 Å². The quantitative estimate of drug-likeness (QED) is 0.725. The summed E-state index contributed by atoms with van der Waals surface area (Å²) in [4.78, 5) is 36.6. The molecule has 3 N–H and O–H groups in total. The molecule has 1 aliphatic heterocycles. The second-order valence-corrected chi connectivity index (χ2v) is 4.96. The van der Waals surface area contributed by atoms with Gasteiger partial charge >= 0.3 is 0 Å². The highest BCUT2D eigenvalue weighted by Crippen LogP contribution is 2.33. The zero-order valence-electron chi connectivity index (χ0n) is 12.4. The fraction of sp³-hybridized carbons (Fsp3) is 0.400. The predicted octanol–water partition coefficient (Wildman–Crippen LogP) is 0.0796. The number of carbonyl (C=O) groups is 3. The van der Waals surface area contributed by atoms with Gasteiger partial charge in [-0.2, -0.15) is 0 Å². The van der Waals surface area contributed by atoms with E-state index in [1.165, 1.54) is 11.8 Å². The van der Waals surface area contributed by atoms with E-state index in [1.54, 1.807) is 18.2 Å². The fourth-order valence-corrected chi connectivity index (χ4v) is 2.18. The third-order valence-electron chi connectivity index (χ3n) is 3.34. The van der Waals surface area contributed by atoms with Gasteiger partial charge in [-0.1, -0.05) is 0 Å². The van der Waals surface area contributed by atoms with Crippen LogP contribution in [-0.4, -0.2) is 43.8 Å². The maximum atomic E-state index is 12.0. The molecule has 1 aromatic carbocycles. The Kier molecular flexibility index (Phi) is 5.11. The van der Waals surface area contributed by atoms with Gasteiger partial charge in [0.1, 0.15) is 5.75 Å². The van der Waals surface area contributed by atoms with Crippen LogP contribution in [0.1, 0.15) is 23.7 Å². The Morgan fingerprint density at radius 3 is 2.86 bits per heavy atom. The van der Waals surface area contributed by atoms with Gasteiger partial charge in [-0.15, -0.1) is 0 Å². The van der Waals surface area contributed by atoms with Crippen molar-refractivity contribution in [1.29, 1.82) is 0 Å². The number of amides is 2. The molecule has 0 aromatic heterocycles. The summed E-state index contributed by atoms with van der Waals surface area (Å²) in [5.41, 5.74) is 6.34. The van der Waals surface area contributed by atoms with Gasteiger partial charge in [0.15, 0.2) is 12.4 Å². The molecular formula is C15H19N3O4. The number of nitrogens with one attached hydrogen (secondary N) is 1. The number of anilines is 1. The number of ether oxygens (including phenoxy) is 1. The molecule has 0 spiro atoms. The van der Waals surface area contributed by atoms with Crippen LogP contribution in [0.2, 0.25) is 0 Å². The van der Waals surface area contributed by atoms with Gasteiger partial charge in [0, 0.05) is 31.6 Å².